The summed E-state index contributed by atoms with van der Waals surface area (Å²) in [6.45, 7) is 3.78. The van der Waals surface area contributed by atoms with Crippen LogP contribution in [-0.4, -0.2) is 55.0 Å². The van der Waals surface area contributed by atoms with Crippen LogP contribution in [0.2, 0.25) is 0 Å². The van der Waals surface area contributed by atoms with Gasteiger partial charge in [0.1, 0.15) is 0 Å². The second-order valence-electron chi connectivity index (χ2n) is 6.53. The number of hydrogen-bond donors (Lipinski definition) is 0. The van der Waals surface area contributed by atoms with Crippen LogP contribution in [0.5, 0.6) is 0 Å². The Morgan fingerprint density at radius 1 is 0.786 bits per heavy atom. The average molecular weight is 436 g/mol. The Labute approximate surface area is 213 Å². The van der Waals surface area contributed by atoms with E-state index in [0.717, 1.165) is 32.5 Å². The molecule has 0 amide bonds. The van der Waals surface area contributed by atoms with Crippen molar-refractivity contribution in [3.63, 3.8) is 0 Å². The molecule has 0 saturated carbocycles. The maximum Gasteiger partial charge on any atom is 1.00 e. The first-order valence-electron chi connectivity index (χ1n) is 8.85. The van der Waals surface area contributed by atoms with E-state index in [0.29, 0.717) is 6.54 Å². The van der Waals surface area contributed by atoms with Crippen LogP contribution in [0.25, 0.3) is 0 Å². The Morgan fingerprint density at radius 2 is 1.21 bits per heavy atom. The van der Waals surface area contributed by atoms with E-state index < -0.39 is 15.5 Å². The van der Waals surface area contributed by atoms with E-state index in [1.165, 1.54) is 10.6 Å². The molecule has 2 aromatic rings. The molecular formula is C19H24N2Na2O3P2. The summed E-state index contributed by atoms with van der Waals surface area (Å²) < 4.78 is 10.8. The summed E-state index contributed by atoms with van der Waals surface area (Å²) in [4.78, 5) is 26.2. The third kappa shape index (κ3) is 8.98. The van der Waals surface area contributed by atoms with Gasteiger partial charge >= 0.3 is 59.1 Å². The van der Waals surface area contributed by atoms with E-state index in [9.17, 15) is 14.4 Å². The molecule has 0 N–H and O–H groups in total. The van der Waals surface area contributed by atoms with Gasteiger partial charge in [0, 0.05) is 39.0 Å². The third-order valence-electron chi connectivity index (χ3n) is 4.63. The number of hydrogen-bond acceptors (Lipinski definition) is 5. The summed E-state index contributed by atoms with van der Waals surface area (Å²) in [5.74, 6) is 0. The van der Waals surface area contributed by atoms with E-state index in [-0.39, 0.29) is 65.3 Å². The van der Waals surface area contributed by atoms with Gasteiger partial charge < -0.3 is 19.3 Å². The van der Waals surface area contributed by atoms with Gasteiger partial charge in [0.25, 0.3) is 0 Å². The Balaban J connectivity index is 0.00000196. The summed E-state index contributed by atoms with van der Waals surface area (Å²) >= 11 is 0. The van der Waals surface area contributed by atoms with Gasteiger partial charge in [-0.15, -0.1) is 0 Å². The standard InChI is InChI=1S/C19H26N2O3P2.2Na/c22-26(23,24)16-15-20-11-13-21(14-12-20)17-25(18-7-3-1-4-8-18)19-9-5-2-6-10-19;;/h1-10H,11-17H2,(H2,22,23,24);;/q;2*+1/p-2. The quantitative estimate of drug-likeness (QED) is 0.320. The predicted molar refractivity (Wildman–Crippen MR) is 104 cm³/mol. The molecule has 1 saturated heterocycles. The molecule has 1 aliphatic heterocycles. The average Bonchev–Trinajstić information content (AvgIpc) is 2.66. The molecule has 0 radical (unpaired) electrons. The van der Waals surface area contributed by atoms with Crippen LogP contribution in [0.1, 0.15) is 0 Å². The zero-order chi connectivity index (χ0) is 18.4. The molecule has 0 atom stereocenters. The molecule has 3 rings (SSSR count). The largest absolute Gasteiger partial charge is 1.00 e. The van der Waals surface area contributed by atoms with Gasteiger partial charge in [-0.05, 0) is 24.7 Å². The van der Waals surface area contributed by atoms with Gasteiger partial charge in [0.05, 0.1) is 0 Å². The first-order chi connectivity index (χ1) is 12.5. The van der Waals surface area contributed by atoms with Crippen LogP contribution < -0.4 is 79.5 Å². The van der Waals surface area contributed by atoms with Crippen LogP contribution in [0, 0.1) is 0 Å². The van der Waals surface area contributed by atoms with Gasteiger partial charge in [0.2, 0.25) is 0 Å². The fourth-order valence-electron chi connectivity index (χ4n) is 3.15. The number of benzene rings is 2. The van der Waals surface area contributed by atoms with Gasteiger partial charge in [-0.2, -0.15) is 0 Å². The first kappa shape index (κ1) is 27.0. The molecule has 0 unspecified atom stereocenters. The molecule has 140 valence electrons. The van der Waals surface area contributed by atoms with E-state index in [4.69, 9.17) is 0 Å². The second kappa shape index (κ2) is 13.4. The fraction of sp³-hybridized carbons (Fsp3) is 0.368. The molecule has 0 bridgehead atoms. The van der Waals surface area contributed by atoms with Gasteiger partial charge in [-0.3, -0.25) is 4.90 Å². The Hall–Kier alpha value is 0.940. The molecular weight excluding hydrogens is 412 g/mol. The molecule has 0 aliphatic carbocycles. The number of rotatable bonds is 7. The van der Waals surface area contributed by atoms with Gasteiger partial charge in [0.15, 0.2) is 0 Å². The van der Waals surface area contributed by atoms with Crippen LogP contribution >= 0.6 is 15.5 Å². The summed E-state index contributed by atoms with van der Waals surface area (Å²) in [6.07, 6.45) is 0.729. The van der Waals surface area contributed by atoms with Crippen molar-refractivity contribution in [1.82, 2.24) is 9.80 Å². The van der Waals surface area contributed by atoms with E-state index in [2.05, 4.69) is 58.3 Å². The maximum atomic E-state index is 10.8. The smallest absolute Gasteiger partial charge is 0.811 e. The Kier molecular flexibility index (Phi) is 12.9. The van der Waals surface area contributed by atoms with Crippen molar-refractivity contribution in [3.8, 4) is 0 Å². The zero-order valence-electron chi connectivity index (χ0n) is 16.7. The van der Waals surface area contributed by atoms with E-state index in [1.807, 2.05) is 12.1 Å². The molecule has 0 spiro atoms. The fourth-order valence-corrected chi connectivity index (χ4v) is 6.05. The minimum atomic E-state index is -4.40. The van der Waals surface area contributed by atoms with Crippen LogP contribution in [0.3, 0.4) is 0 Å². The second-order valence-corrected chi connectivity index (χ2v) is 10.4. The zero-order valence-corrected chi connectivity index (χ0v) is 22.5. The van der Waals surface area contributed by atoms with Crippen molar-refractivity contribution >= 4 is 26.1 Å². The van der Waals surface area contributed by atoms with E-state index in [1.54, 1.807) is 0 Å². The Bertz CT molecular complexity index is 687. The maximum absolute atomic E-state index is 10.8. The van der Waals surface area contributed by atoms with E-state index >= 15 is 0 Å². The SMILES string of the molecule is O=P([O-])([O-])CCN1CCN(CP(c2ccccc2)c2ccccc2)CC1.[Na+].[Na+]. The summed E-state index contributed by atoms with van der Waals surface area (Å²) in [6, 6.07) is 21.3. The number of nitrogens with zero attached hydrogens (tertiary/aromatic N) is 2. The van der Waals surface area contributed by atoms with Gasteiger partial charge in [-0.25, -0.2) is 0 Å². The van der Waals surface area contributed by atoms with Crippen molar-refractivity contribution in [1.29, 1.82) is 0 Å². The Morgan fingerprint density at radius 3 is 1.64 bits per heavy atom. The van der Waals surface area contributed by atoms with Crippen molar-refractivity contribution in [2.45, 2.75) is 0 Å². The topological polar surface area (TPSA) is 69.7 Å². The van der Waals surface area contributed by atoms with Gasteiger partial charge in [-0.1, -0.05) is 68.3 Å². The molecule has 0 aromatic heterocycles. The third-order valence-corrected chi connectivity index (χ3v) is 7.91. The molecule has 1 aliphatic rings. The minimum Gasteiger partial charge on any atom is -0.811 e. The van der Waals surface area contributed by atoms with Crippen molar-refractivity contribution in [3.05, 3.63) is 60.7 Å². The summed E-state index contributed by atoms with van der Waals surface area (Å²) in [5.41, 5.74) is 0. The molecule has 5 nitrogen and oxygen atoms in total. The predicted octanol–water partition coefficient (Wildman–Crippen LogP) is -5.38. The first-order valence-corrected chi connectivity index (χ1v) is 12.1. The molecule has 1 heterocycles. The van der Waals surface area contributed by atoms with Crippen LogP contribution in [0.15, 0.2) is 60.7 Å². The normalized spacial score (nSPS) is 15.7. The molecule has 1 fully saturated rings. The van der Waals surface area contributed by atoms with Crippen molar-refractivity contribution < 1.29 is 73.5 Å². The monoisotopic (exact) mass is 436 g/mol. The summed E-state index contributed by atoms with van der Waals surface area (Å²) in [5, 5.41) is 2.74. The number of piperazine rings is 1. The summed E-state index contributed by atoms with van der Waals surface area (Å²) in [7, 11) is -4.85. The van der Waals surface area contributed by atoms with Crippen LogP contribution in [0.4, 0.5) is 0 Å². The molecule has 2 aromatic carbocycles. The molecule has 28 heavy (non-hydrogen) atoms. The van der Waals surface area contributed by atoms with Crippen molar-refractivity contribution in [2.75, 3.05) is 45.2 Å². The van der Waals surface area contributed by atoms with Crippen LogP contribution in [-0.2, 0) is 4.57 Å². The molecule has 9 heteroatoms. The minimum absolute atomic E-state index is 0. The van der Waals surface area contributed by atoms with Crippen molar-refractivity contribution in [2.24, 2.45) is 0 Å².